The first-order valence-corrected chi connectivity index (χ1v) is 5.30. The maximum atomic E-state index is 13.1. The molecule has 4 heteroatoms. The number of anilines is 1. The Balaban J connectivity index is 2.16. The van der Waals surface area contributed by atoms with Gasteiger partial charge in [0, 0.05) is 19.3 Å². The van der Waals surface area contributed by atoms with Gasteiger partial charge in [0.25, 0.3) is 0 Å². The van der Waals surface area contributed by atoms with E-state index in [2.05, 4.69) is 0 Å². The van der Waals surface area contributed by atoms with E-state index in [1.807, 2.05) is 0 Å². The molecule has 1 aliphatic heterocycles. The van der Waals surface area contributed by atoms with Crippen molar-refractivity contribution in [1.29, 1.82) is 0 Å². The number of methoxy groups -OCH3 is 1. The third kappa shape index (κ3) is 2.07. The van der Waals surface area contributed by atoms with Crippen molar-refractivity contribution in [3.63, 3.8) is 0 Å². The average molecular weight is 223 g/mol. The van der Waals surface area contributed by atoms with E-state index in [1.165, 1.54) is 12.1 Å². The van der Waals surface area contributed by atoms with Crippen molar-refractivity contribution in [2.24, 2.45) is 0 Å². The summed E-state index contributed by atoms with van der Waals surface area (Å²) in [7, 11) is 1.56. The van der Waals surface area contributed by atoms with Crippen molar-refractivity contribution in [1.82, 2.24) is 0 Å². The van der Waals surface area contributed by atoms with E-state index in [1.54, 1.807) is 18.1 Å². The fourth-order valence-corrected chi connectivity index (χ4v) is 1.94. The van der Waals surface area contributed by atoms with E-state index in [-0.39, 0.29) is 11.7 Å². The van der Waals surface area contributed by atoms with Crippen LogP contribution in [-0.2, 0) is 16.0 Å². The molecule has 2 rings (SSSR count). The Morgan fingerprint density at radius 3 is 3.12 bits per heavy atom. The summed E-state index contributed by atoms with van der Waals surface area (Å²) >= 11 is 0. The highest BCUT2D eigenvalue weighted by atomic mass is 19.1. The van der Waals surface area contributed by atoms with Crippen LogP contribution in [0.15, 0.2) is 18.2 Å². The zero-order chi connectivity index (χ0) is 11.5. The van der Waals surface area contributed by atoms with Crippen molar-refractivity contribution in [2.75, 3.05) is 25.2 Å². The molecule has 86 valence electrons. The maximum absolute atomic E-state index is 13.1. The Kier molecular flexibility index (Phi) is 3.19. The van der Waals surface area contributed by atoms with Crippen molar-refractivity contribution < 1.29 is 13.9 Å². The monoisotopic (exact) mass is 223 g/mol. The average Bonchev–Trinajstić information content (AvgIpc) is 2.68. The van der Waals surface area contributed by atoms with Gasteiger partial charge >= 0.3 is 0 Å². The van der Waals surface area contributed by atoms with Crippen LogP contribution in [0.3, 0.4) is 0 Å². The second-order valence-corrected chi connectivity index (χ2v) is 3.81. The molecule has 0 aromatic heterocycles. The predicted octanol–water partition coefficient (Wildman–Crippen LogP) is 1.75. The summed E-state index contributed by atoms with van der Waals surface area (Å²) < 4.78 is 18.0. The molecule has 0 spiro atoms. The molecule has 3 nitrogen and oxygen atoms in total. The predicted molar refractivity (Wildman–Crippen MR) is 59.0 cm³/mol. The summed E-state index contributed by atoms with van der Waals surface area (Å²) in [6, 6.07) is 4.60. The Morgan fingerprint density at radius 2 is 2.38 bits per heavy atom. The third-order valence-electron chi connectivity index (χ3n) is 2.76. The van der Waals surface area contributed by atoms with Gasteiger partial charge < -0.3 is 9.64 Å². The van der Waals surface area contributed by atoms with Crippen LogP contribution in [0.2, 0.25) is 0 Å². The first kappa shape index (κ1) is 11.1. The molecule has 0 atom stereocenters. The van der Waals surface area contributed by atoms with Crippen molar-refractivity contribution in [3.8, 4) is 0 Å². The van der Waals surface area contributed by atoms with Crippen LogP contribution in [0.25, 0.3) is 0 Å². The first-order valence-electron chi connectivity index (χ1n) is 5.30. The molecule has 16 heavy (non-hydrogen) atoms. The lowest BCUT2D eigenvalue weighted by atomic mass is 10.2. The zero-order valence-electron chi connectivity index (χ0n) is 9.20. The minimum Gasteiger partial charge on any atom is -0.384 e. The van der Waals surface area contributed by atoms with E-state index in [0.29, 0.717) is 25.3 Å². The Morgan fingerprint density at radius 1 is 1.56 bits per heavy atom. The molecule has 0 saturated heterocycles. The highest BCUT2D eigenvalue weighted by Crippen LogP contribution is 2.29. The van der Waals surface area contributed by atoms with Crippen LogP contribution in [-0.4, -0.2) is 26.2 Å². The number of fused-ring (bicyclic) bond motifs is 1. The number of rotatable bonds is 3. The Labute approximate surface area is 93.8 Å². The smallest absolute Gasteiger partial charge is 0.229 e. The molecule has 0 radical (unpaired) electrons. The summed E-state index contributed by atoms with van der Waals surface area (Å²) in [5.41, 5.74) is 1.74. The van der Waals surface area contributed by atoms with Crippen LogP contribution < -0.4 is 4.90 Å². The van der Waals surface area contributed by atoms with Gasteiger partial charge in [-0.3, -0.25) is 4.79 Å². The van der Waals surface area contributed by atoms with Crippen LogP contribution in [0.4, 0.5) is 10.1 Å². The van der Waals surface area contributed by atoms with Gasteiger partial charge in [-0.15, -0.1) is 0 Å². The van der Waals surface area contributed by atoms with E-state index >= 15 is 0 Å². The van der Waals surface area contributed by atoms with E-state index in [0.717, 1.165) is 12.0 Å². The van der Waals surface area contributed by atoms with Gasteiger partial charge in [0.2, 0.25) is 5.91 Å². The number of benzene rings is 1. The quantitative estimate of drug-likeness (QED) is 0.781. The molecule has 0 aliphatic carbocycles. The number of amides is 1. The highest BCUT2D eigenvalue weighted by molar-refractivity contribution is 5.95. The fourth-order valence-electron chi connectivity index (χ4n) is 1.94. The van der Waals surface area contributed by atoms with Crippen LogP contribution >= 0.6 is 0 Å². The van der Waals surface area contributed by atoms with Crippen LogP contribution in [0.1, 0.15) is 12.0 Å². The number of hydrogen-bond donors (Lipinski definition) is 0. The number of halogens is 1. The van der Waals surface area contributed by atoms with Crippen LogP contribution in [0.5, 0.6) is 0 Å². The minimum absolute atomic E-state index is 0.00815. The van der Waals surface area contributed by atoms with Gasteiger partial charge in [0.15, 0.2) is 0 Å². The van der Waals surface area contributed by atoms with E-state index < -0.39 is 0 Å². The molecular weight excluding hydrogens is 209 g/mol. The van der Waals surface area contributed by atoms with Gasteiger partial charge in [0.1, 0.15) is 5.82 Å². The second kappa shape index (κ2) is 4.61. The molecule has 1 heterocycles. The van der Waals surface area contributed by atoms with Gasteiger partial charge in [-0.05, 0) is 24.1 Å². The highest BCUT2D eigenvalue weighted by Gasteiger charge is 2.24. The lowest BCUT2D eigenvalue weighted by Crippen LogP contribution is -2.29. The summed E-state index contributed by atoms with van der Waals surface area (Å²) in [5, 5.41) is 0. The van der Waals surface area contributed by atoms with Crippen molar-refractivity contribution in [2.45, 2.75) is 12.8 Å². The summed E-state index contributed by atoms with van der Waals surface area (Å²) in [4.78, 5) is 13.4. The van der Waals surface area contributed by atoms with Gasteiger partial charge in [-0.1, -0.05) is 6.07 Å². The first-order chi connectivity index (χ1) is 7.72. The molecule has 0 bridgehead atoms. The lowest BCUT2D eigenvalue weighted by molar-refractivity contribution is -0.119. The number of nitrogens with zero attached hydrogens (tertiary/aromatic N) is 1. The molecule has 0 unspecified atom stereocenters. The second-order valence-electron chi connectivity index (χ2n) is 3.81. The van der Waals surface area contributed by atoms with E-state index in [9.17, 15) is 9.18 Å². The molecule has 0 fully saturated rings. The van der Waals surface area contributed by atoms with Crippen molar-refractivity contribution >= 4 is 11.6 Å². The lowest BCUT2D eigenvalue weighted by Gasteiger charge is -2.17. The standard InChI is InChI=1S/C12H14FNO2/c1-16-7-5-12(15)14-6-4-9-2-3-10(13)8-11(9)14/h2-3,8H,4-7H2,1H3. The maximum Gasteiger partial charge on any atom is 0.229 e. The number of ether oxygens (including phenoxy) is 1. The van der Waals surface area contributed by atoms with Gasteiger partial charge in [0.05, 0.1) is 13.0 Å². The number of carbonyl (C=O) groups is 1. The normalized spacial score (nSPS) is 14.0. The molecule has 0 N–H and O–H groups in total. The third-order valence-corrected chi connectivity index (χ3v) is 2.76. The number of hydrogen-bond acceptors (Lipinski definition) is 2. The molecule has 1 aromatic rings. The Hall–Kier alpha value is -1.42. The van der Waals surface area contributed by atoms with Crippen molar-refractivity contribution in [3.05, 3.63) is 29.6 Å². The molecule has 1 aliphatic rings. The Bertz CT molecular complexity index is 406. The summed E-state index contributed by atoms with van der Waals surface area (Å²) in [5.74, 6) is -0.309. The minimum atomic E-state index is -0.301. The van der Waals surface area contributed by atoms with Gasteiger partial charge in [-0.25, -0.2) is 4.39 Å². The zero-order valence-corrected chi connectivity index (χ0v) is 9.20. The topological polar surface area (TPSA) is 29.5 Å². The van der Waals surface area contributed by atoms with Gasteiger partial charge in [-0.2, -0.15) is 0 Å². The molecule has 1 aromatic carbocycles. The SMILES string of the molecule is COCCC(=O)N1CCc2ccc(F)cc21. The van der Waals surface area contributed by atoms with Crippen LogP contribution in [0, 0.1) is 5.82 Å². The molecule has 0 saturated carbocycles. The molecule has 1 amide bonds. The fraction of sp³-hybridized carbons (Fsp3) is 0.417. The number of carbonyl (C=O) groups excluding carboxylic acids is 1. The summed E-state index contributed by atoms with van der Waals surface area (Å²) in [6.07, 6.45) is 1.14. The molecular formula is C12H14FNO2. The van der Waals surface area contributed by atoms with E-state index in [4.69, 9.17) is 4.74 Å². The summed E-state index contributed by atoms with van der Waals surface area (Å²) in [6.45, 7) is 1.04. The largest absolute Gasteiger partial charge is 0.384 e.